The van der Waals surface area contributed by atoms with Gasteiger partial charge in [0.05, 0.1) is 36.3 Å². The first-order chi connectivity index (χ1) is 19.9. The van der Waals surface area contributed by atoms with Crippen LogP contribution in [0.25, 0.3) is 5.69 Å². The van der Waals surface area contributed by atoms with Gasteiger partial charge in [0.15, 0.2) is 5.11 Å². The van der Waals surface area contributed by atoms with Crippen molar-refractivity contribution in [3.8, 4) is 17.2 Å². The van der Waals surface area contributed by atoms with Gasteiger partial charge in [0.25, 0.3) is 0 Å². The number of nitrogens with zero attached hydrogens (tertiary/aromatic N) is 3. The molecule has 218 valence electrons. The molecule has 5 rings (SSSR count). The van der Waals surface area contributed by atoms with Gasteiger partial charge in [-0.05, 0) is 80.2 Å². The van der Waals surface area contributed by atoms with Crippen LogP contribution in [0.1, 0.15) is 55.5 Å². The quantitative estimate of drug-likeness (QED) is 0.204. The highest BCUT2D eigenvalue weighted by molar-refractivity contribution is 7.80. The summed E-state index contributed by atoms with van der Waals surface area (Å²) in [4.78, 5) is 19.4. The maximum Gasteiger partial charge on any atom is 0.229 e. The van der Waals surface area contributed by atoms with Crippen molar-refractivity contribution in [1.82, 2.24) is 14.9 Å². The third kappa shape index (κ3) is 5.42. The van der Waals surface area contributed by atoms with Crippen molar-refractivity contribution >= 4 is 46.2 Å². The zero-order chi connectivity index (χ0) is 30.3. The second kappa shape index (κ2) is 11.3. The summed E-state index contributed by atoms with van der Waals surface area (Å²) in [6, 6.07) is 18.0. The number of hydrogen-bond acceptors (Lipinski definition) is 5. The second-order valence-electron chi connectivity index (χ2n) is 11.4. The molecule has 0 radical (unpaired) electrons. The van der Waals surface area contributed by atoms with Crippen LogP contribution in [0.3, 0.4) is 0 Å². The van der Waals surface area contributed by atoms with Crippen LogP contribution in [-0.4, -0.2) is 32.8 Å². The first kappa shape index (κ1) is 29.4. The zero-order valence-electron chi connectivity index (χ0n) is 24.4. The van der Waals surface area contributed by atoms with Crippen LogP contribution in [0.5, 0.6) is 11.5 Å². The molecule has 2 unspecified atom stereocenters. The molecule has 0 bridgehead atoms. The number of aryl methyl sites for hydroxylation is 1. The number of halogens is 1. The van der Waals surface area contributed by atoms with Crippen LogP contribution in [0.2, 0.25) is 5.02 Å². The highest BCUT2D eigenvalue weighted by Gasteiger charge is 2.42. The molecule has 1 fully saturated rings. The first-order valence-electron chi connectivity index (χ1n) is 13.6. The topological polar surface area (TPSA) is 91.7 Å². The maximum absolute atomic E-state index is 12.7. The molecule has 0 spiro atoms. The lowest BCUT2D eigenvalue weighted by Gasteiger charge is -2.29. The summed E-state index contributed by atoms with van der Waals surface area (Å²) in [5.41, 5.74) is 5.08. The van der Waals surface area contributed by atoms with Gasteiger partial charge in [0, 0.05) is 39.8 Å². The number of phenolic OH excluding ortho intramolecular Hbond substituents is 1. The number of hydrogen-bond donors (Lipinski definition) is 3. The molecule has 0 aliphatic carbocycles. The Kier molecular flexibility index (Phi) is 7.92. The van der Waals surface area contributed by atoms with Gasteiger partial charge in [-0.15, -0.1) is 0 Å². The number of thiocarbonyl (C=S) groups is 1. The molecule has 1 amide bonds. The van der Waals surface area contributed by atoms with E-state index in [4.69, 9.17) is 28.6 Å². The molecule has 3 heterocycles. The molecule has 4 aromatic rings. The molecule has 10 heteroatoms. The van der Waals surface area contributed by atoms with E-state index in [9.17, 15) is 9.90 Å². The lowest BCUT2D eigenvalue weighted by molar-refractivity contribution is -0.123. The van der Waals surface area contributed by atoms with Crippen molar-refractivity contribution in [1.29, 1.82) is 0 Å². The van der Waals surface area contributed by atoms with Gasteiger partial charge in [0.2, 0.25) is 5.91 Å². The minimum absolute atomic E-state index is 0.114. The minimum Gasteiger partial charge on any atom is -0.506 e. The van der Waals surface area contributed by atoms with E-state index in [1.807, 2.05) is 75.6 Å². The van der Waals surface area contributed by atoms with Gasteiger partial charge in [-0.2, -0.15) is 0 Å². The Hall–Kier alpha value is -4.08. The number of amides is 1. The van der Waals surface area contributed by atoms with E-state index in [1.54, 1.807) is 31.5 Å². The SMILES string of the molecule is COc1cc(N2C(=S)NC(c3ccccn3)C2c2cc(C)n(-c3cc(Cl)ccc3O)c2C)ccc1NC(=O)C(C)(C)C. The number of anilines is 2. The van der Waals surface area contributed by atoms with E-state index in [0.717, 1.165) is 28.3 Å². The molecule has 2 atom stereocenters. The largest absolute Gasteiger partial charge is 0.506 e. The van der Waals surface area contributed by atoms with Gasteiger partial charge in [-0.3, -0.25) is 9.78 Å². The number of benzene rings is 2. The van der Waals surface area contributed by atoms with Crippen molar-refractivity contribution < 1.29 is 14.6 Å². The highest BCUT2D eigenvalue weighted by atomic mass is 35.5. The normalized spacial score (nSPS) is 16.8. The van der Waals surface area contributed by atoms with Crippen molar-refractivity contribution in [2.45, 2.75) is 46.7 Å². The molecular weight excluding hydrogens is 570 g/mol. The lowest BCUT2D eigenvalue weighted by atomic mass is 9.95. The van der Waals surface area contributed by atoms with Gasteiger partial charge in [-0.1, -0.05) is 38.4 Å². The van der Waals surface area contributed by atoms with E-state index >= 15 is 0 Å². The fourth-order valence-electron chi connectivity index (χ4n) is 5.33. The number of carbonyl (C=O) groups excluding carboxylic acids is 1. The van der Waals surface area contributed by atoms with Crippen molar-refractivity contribution in [3.63, 3.8) is 0 Å². The monoisotopic (exact) mass is 603 g/mol. The molecule has 0 saturated carbocycles. The van der Waals surface area contributed by atoms with E-state index < -0.39 is 5.41 Å². The number of nitrogens with one attached hydrogen (secondary N) is 2. The standard InChI is InChI=1S/C32H34ClN5O3S/c1-18-15-22(19(2)37(18)25-16-20(33)10-13-26(25)39)29-28(24-9-7-8-14-34-24)36-31(42)38(29)21-11-12-23(27(17-21)41-6)35-30(40)32(3,4)5/h7-17,28-29,39H,1-6H3,(H,35,40)(H,36,42). The molecule has 8 nitrogen and oxygen atoms in total. The summed E-state index contributed by atoms with van der Waals surface area (Å²) >= 11 is 12.3. The molecule has 42 heavy (non-hydrogen) atoms. The third-order valence-electron chi connectivity index (χ3n) is 7.46. The number of ether oxygens (including phenoxy) is 1. The number of methoxy groups -OCH3 is 1. The summed E-state index contributed by atoms with van der Waals surface area (Å²) in [7, 11) is 1.58. The summed E-state index contributed by atoms with van der Waals surface area (Å²) in [6.07, 6.45) is 1.77. The molecule has 1 aliphatic heterocycles. The lowest BCUT2D eigenvalue weighted by Crippen LogP contribution is -2.30. The van der Waals surface area contributed by atoms with E-state index in [1.165, 1.54) is 0 Å². The molecular formula is C32H34ClN5O3S. The number of aromatic hydroxyl groups is 1. The van der Waals surface area contributed by atoms with E-state index in [2.05, 4.69) is 26.6 Å². The molecule has 1 saturated heterocycles. The summed E-state index contributed by atoms with van der Waals surface area (Å²) in [5.74, 6) is 0.530. The van der Waals surface area contributed by atoms with Gasteiger partial charge in [0.1, 0.15) is 11.5 Å². The Morgan fingerprint density at radius 1 is 1.12 bits per heavy atom. The number of carbonyl (C=O) groups is 1. The van der Waals surface area contributed by atoms with Gasteiger partial charge < -0.3 is 29.9 Å². The summed E-state index contributed by atoms with van der Waals surface area (Å²) < 4.78 is 7.71. The molecule has 1 aliphatic rings. The van der Waals surface area contributed by atoms with Crippen LogP contribution < -0.4 is 20.3 Å². The number of rotatable bonds is 6. The van der Waals surface area contributed by atoms with Crippen LogP contribution in [0, 0.1) is 19.3 Å². The first-order valence-corrected chi connectivity index (χ1v) is 14.4. The Bertz CT molecular complexity index is 1660. The zero-order valence-corrected chi connectivity index (χ0v) is 26.0. The predicted octanol–water partition coefficient (Wildman–Crippen LogP) is 7.02. The summed E-state index contributed by atoms with van der Waals surface area (Å²) in [5, 5.41) is 18.3. The minimum atomic E-state index is -0.564. The van der Waals surface area contributed by atoms with Gasteiger partial charge in [-0.25, -0.2) is 0 Å². The van der Waals surface area contributed by atoms with Crippen molar-refractivity contribution in [2.75, 3.05) is 17.3 Å². The van der Waals surface area contributed by atoms with E-state index in [0.29, 0.717) is 27.3 Å². The van der Waals surface area contributed by atoms with Crippen molar-refractivity contribution in [3.05, 3.63) is 94.5 Å². The number of aromatic nitrogens is 2. The second-order valence-corrected chi connectivity index (χ2v) is 12.2. The number of phenols is 1. The van der Waals surface area contributed by atoms with Crippen molar-refractivity contribution in [2.24, 2.45) is 5.41 Å². The van der Waals surface area contributed by atoms with Crippen LogP contribution in [0.4, 0.5) is 11.4 Å². The molecule has 2 aromatic carbocycles. The average Bonchev–Trinajstić information content (AvgIpc) is 3.44. The van der Waals surface area contributed by atoms with Crippen LogP contribution >= 0.6 is 23.8 Å². The number of pyridine rings is 1. The molecule has 3 N–H and O–H groups in total. The van der Waals surface area contributed by atoms with Crippen LogP contribution in [-0.2, 0) is 4.79 Å². The smallest absolute Gasteiger partial charge is 0.229 e. The molecule has 2 aromatic heterocycles. The van der Waals surface area contributed by atoms with E-state index in [-0.39, 0.29) is 23.7 Å². The Morgan fingerprint density at radius 2 is 1.88 bits per heavy atom. The fourth-order valence-corrected chi connectivity index (χ4v) is 5.84. The Labute approximate surface area is 256 Å². The highest BCUT2D eigenvalue weighted by Crippen LogP contribution is 2.45. The summed E-state index contributed by atoms with van der Waals surface area (Å²) in [6.45, 7) is 9.59. The third-order valence-corrected chi connectivity index (χ3v) is 8.01. The Balaban J connectivity index is 1.64. The Morgan fingerprint density at radius 3 is 2.55 bits per heavy atom. The van der Waals surface area contributed by atoms with Gasteiger partial charge >= 0.3 is 0 Å². The van der Waals surface area contributed by atoms with Crippen LogP contribution in [0.15, 0.2) is 66.9 Å². The average molecular weight is 604 g/mol. The predicted molar refractivity (Wildman–Crippen MR) is 171 cm³/mol. The maximum atomic E-state index is 12.7. The fraction of sp³-hybridized carbons (Fsp3) is 0.281.